The number of methoxy groups -OCH3 is 1. The molecule has 1 aromatic rings. The number of esters is 2. The number of rotatable bonds is 7. The van der Waals surface area contributed by atoms with E-state index in [1.165, 1.54) is 13.2 Å². The van der Waals surface area contributed by atoms with E-state index < -0.39 is 30.5 Å². The summed E-state index contributed by atoms with van der Waals surface area (Å²) in [5, 5.41) is 2.76. The molecule has 1 aromatic carbocycles. The van der Waals surface area contributed by atoms with Gasteiger partial charge in [-0.3, -0.25) is 4.79 Å². The molecule has 0 aliphatic heterocycles. The fourth-order valence-corrected chi connectivity index (χ4v) is 2.06. The Morgan fingerprint density at radius 2 is 1.91 bits per heavy atom. The van der Waals surface area contributed by atoms with Crippen LogP contribution in [-0.4, -0.2) is 37.6 Å². The second-order valence-electron chi connectivity index (χ2n) is 5.01. The van der Waals surface area contributed by atoms with Gasteiger partial charge in [0.25, 0.3) is 5.91 Å². The SMILES string of the molecule is CC[C@H](C)[C@@H](NC(=O)COC(=O)c1ccccc1Cl)C(=O)OC. The molecule has 7 heteroatoms. The molecule has 0 aliphatic rings. The predicted octanol–water partition coefficient (Wildman–Crippen LogP) is 2.20. The van der Waals surface area contributed by atoms with Gasteiger partial charge in [-0.25, -0.2) is 9.59 Å². The topological polar surface area (TPSA) is 81.7 Å². The number of halogens is 1. The Hall–Kier alpha value is -2.08. The third-order valence-corrected chi connectivity index (χ3v) is 3.74. The Bertz CT molecular complexity index is 575. The van der Waals surface area contributed by atoms with Crippen LogP contribution in [0.5, 0.6) is 0 Å². The lowest BCUT2D eigenvalue weighted by Gasteiger charge is -2.21. The van der Waals surface area contributed by atoms with Crippen LogP contribution in [0, 0.1) is 5.92 Å². The Kier molecular flexibility index (Phi) is 7.54. The van der Waals surface area contributed by atoms with Gasteiger partial charge in [0.15, 0.2) is 6.61 Å². The minimum Gasteiger partial charge on any atom is -0.467 e. The van der Waals surface area contributed by atoms with Gasteiger partial charge in [-0.1, -0.05) is 44.0 Å². The lowest BCUT2D eigenvalue weighted by atomic mass is 9.99. The molecule has 2 atom stereocenters. The van der Waals surface area contributed by atoms with Crippen molar-refractivity contribution in [1.29, 1.82) is 0 Å². The van der Waals surface area contributed by atoms with E-state index in [2.05, 4.69) is 10.1 Å². The molecule has 1 N–H and O–H groups in total. The summed E-state index contributed by atoms with van der Waals surface area (Å²) in [6.45, 7) is 3.20. The summed E-state index contributed by atoms with van der Waals surface area (Å²) in [4.78, 5) is 35.4. The highest BCUT2D eigenvalue weighted by Gasteiger charge is 2.27. The van der Waals surface area contributed by atoms with Crippen molar-refractivity contribution in [3.05, 3.63) is 34.9 Å². The maximum atomic E-state index is 11.9. The normalized spacial score (nSPS) is 12.9. The molecule has 23 heavy (non-hydrogen) atoms. The van der Waals surface area contributed by atoms with E-state index in [0.717, 1.165) is 0 Å². The molecule has 6 nitrogen and oxygen atoms in total. The summed E-state index contributed by atoms with van der Waals surface area (Å²) >= 11 is 5.88. The van der Waals surface area contributed by atoms with Gasteiger partial charge in [0.05, 0.1) is 17.7 Å². The minimum absolute atomic E-state index is 0.106. The van der Waals surface area contributed by atoms with Crippen molar-refractivity contribution in [3.63, 3.8) is 0 Å². The molecule has 1 amide bonds. The highest BCUT2D eigenvalue weighted by Crippen LogP contribution is 2.15. The second kappa shape index (κ2) is 9.15. The number of ether oxygens (including phenoxy) is 2. The quantitative estimate of drug-likeness (QED) is 0.769. The van der Waals surface area contributed by atoms with Gasteiger partial charge in [0.2, 0.25) is 0 Å². The first-order valence-corrected chi connectivity index (χ1v) is 7.57. The molecule has 0 spiro atoms. The van der Waals surface area contributed by atoms with Gasteiger partial charge >= 0.3 is 11.9 Å². The number of nitrogens with one attached hydrogen (secondary N) is 1. The van der Waals surface area contributed by atoms with E-state index >= 15 is 0 Å². The van der Waals surface area contributed by atoms with Crippen LogP contribution in [0.2, 0.25) is 5.02 Å². The fraction of sp³-hybridized carbons (Fsp3) is 0.438. The lowest BCUT2D eigenvalue weighted by Crippen LogP contribution is -2.47. The Labute approximate surface area is 140 Å². The average molecular weight is 342 g/mol. The lowest BCUT2D eigenvalue weighted by molar-refractivity contribution is -0.147. The number of carbonyl (C=O) groups is 3. The number of benzene rings is 1. The monoisotopic (exact) mass is 341 g/mol. The number of hydrogen-bond donors (Lipinski definition) is 1. The Morgan fingerprint density at radius 1 is 1.26 bits per heavy atom. The zero-order chi connectivity index (χ0) is 17.4. The number of carbonyl (C=O) groups excluding carboxylic acids is 3. The van der Waals surface area contributed by atoms with E-state index in [1.807, 2.05) is 13.8 Å². The van der Waals surface area contributed by atoms with Crippen molar-refractivity contribution in [2.45, 2.75) is 26.3 Å². The summed E-state index contributed by atoms with van der Waals surface area (Å²) < 4.78 is 9.58. The molecule has 1 rings (SSSR count). The van der Waals surface area contributed by atoms with Crippen molar-refractivity contribution in [2.75, 3.05) is 13.7 Å². The maximum Gasteiger partial charge on any atom is 0.340 e. The molecule has 0 fully saturated rings. The van der Waals surface area contributed by atoms with Crippen molar-refractivity contribution < 1.29 is 23.9 Å². The summed E-state index contributed by atoms with van der Waals surface area (Å²) in [7, 11) is 1.25. The zero-order valence-corrected chi connectivity index (χ0v) is 14.1. The van der Waals surface area contributed by atoms with E-state index in [1.54, 1.807) is 18.2 Å². The van der Waals surface area contributed by atoms with Crippen LogP contribution in [-0.2, 0) is 19.1 Å². The molecular formula is C16H20ClNO5. The molecule has 0 unspecified atom stereocenters. The van der Waals surface area contributed by atoms with Gasteiger partial charge in [-0.15, -0.1) is 0 Å². The molecule has 0 radical (unpaired) electrons. The predicted molar refractivity (Wildman–Crippen MR) is 85.1 cm³/mol. The fourth-order valence-electron chi connectivity index (χ4n) is 1.85. The van der Waals surface area contributed by atoms with Gasteiger partial charge < -0.3 is 14.8 Å². The van der Waals surface area contributed by atoms with E-state index in [4.69, 9.17) is 16.3 Å². The molecule has 0 saturated carbocycles. The molecular weight excluding hydrogens is 322 g/mol. The van der Waals surface area contributed by atoms with E-state index in [-0.39, 0.29) is 16.5 Å². The average Bonchev–Trinajstić information content (AvgIpc) is 2.56. The summed E-state index contributed by atoms with van der Waals surface area (Å²) in [6.07, 6.45) is 0.680. The number of amides is 1. The van der Waals surface area contributed by atoms with Crippen molar-refractivity contribution >= 4 is 29.4 Å². The molecule has 0 heterocycles. The highest BCUT2D eigenvalue weighted by molar-refractivity contribution is 6.33. The standard InChI is InChI=1S/C16H20ClNO5/c1-4-10(2)14(16(21)22-3)18-13(19)9-23-15(20)11-7-5-6-8-12(11)17/h5-8,10,14H,4,9H2,1-3H3,(H,18,19)/t10-,14+/m0/s1. The van der Waals surface area contributed by atoms with Crippen LogP contribution in [0.1, 0.15) is 30.6 Å². The van der Waals surface area contributed by atoms with Crippen LogP contribution in [0.25, 0.3) is 0 Å². The molecule has 0 aliphatic carbocycles. The van der Waals surface area contributed by atoms with Crippen molar-refractivity contribution in [2.24, 2.45) is 5.92 Å². The Morgan fingerprint density at radius 3 is 2.48 bits per heavy atom. The van der Waals surface area contributed by atoms with Gasteiger partial charge in [-0.05, 0) is 18.1 Å². The first kappa shape index (κ1) is 19.0. The molecule has 0 bridgehead atoms. The third-order valence-electron chi connectivity index (χ3n) is 3.41. The minimum atomic E-state index is -0.781. The van der Waals surface area contributed by atoms with E-state index in [9.17, 15) is 14.4 Å². The zero-order valence-electron chi connectivity index (χ0n) is 13.3. The van der Waals surface area contributed by atoms with Crippen LogP contribution < -0.4 is 5.32 Å². The van der Waals surface area contributed by atoms with Gasteiger partial charge in [0.1, 0.15) is 6.04 Å². The largest absolute Gasteiger partial charge is 0.467 e. The van der Waals surface area contributed by atoms with Gasteiger partial charge in [-0.2, -0.15) is 0 Å². The van der Waals surface area contributed by atoms with Crippen LogP contribution in [0.15, 0.2) is 24.3 Å². The highest BCUT2D eigenvalue weighted by atomic mass is 35.5. The molecule has 126 valence electrons. The van der Waals surface area contributed by atoms with Crippen LogP contribution >= 0.6 is 11.6 Å². The van der Waals surface area contributed by atoms with Crippen LogP contribution in [0.3, 0.4) is 0 Å². The Balaban J connectivity index is 2.60. The van der Waals surface area contributed by atoms with Crippen LogP contribution in [0.4, 0.5) is 0 Å². The molecule has 0 aromatic heterocycles. The second-order valence-corrected chi connectivity index (χ2v) is 5.42. The third kappa shape index (κ3) is 5.56. The van der Waals surface area contributed by atoms with E-state index in [0.29, 0.717) is 6.42 Å². The maximum absolute atomic E-state index is 11.9. The smallest absolute Gasteiger partial charge is 0.340 e. The van der Waals surface area contributed by atoms with Gasteiger partial charge in [0, 0.05) is 0 Å². The van der Waals surface area contributed by atoms with Crippen molar-refractivity contribution in [1.82, 2.24) is 5.32 Å². The van der Waals surface area contributed by atoms with Crippen molar-refractivity contribution in [3.8, 4) is 0 Å². The summed E-state index contributed by atoms with van der Waals surface area (Å²) in [5.74, 6) is -1.93. The first-order chi connectivity index (χ1) is 10.9. The molecule has 0 saturated heterocycles. The summed E-state index contributed by atoms with van der Waals surface area (Å²) in [6, 6.07) is 5.59. The first-order valence-electron chi connectivity index (χ1n) is 7.19. The summed E-state index contributed by atoms with van der Waals surface area (Å²) in [5.41, 5.74) is 0.174. The number of hydrogen-bond acceptors (Lipinski definition) is 5.